The molecule has 0 fully saturated rings. The summed E-state index contributed by atoms with van der Waals surface area (Å²) in [7, 11) is 0. The van der Waals surface area contributed by atoms with Crippen LogP contribution in [0, 0.1) is 6.92 Å². The summed E-state index contributed by atoms with van der Waals surface area (Å²) in [6.07, 6.45) is 1.47. The molecule has 1 aliphatic heterocycles. The molecule has 0 spiro atoms. The van der Waals surface area contributed by atoms with E-state index < -0.39 is 5.92 Å². The van der Waals surface area contributed by atoms with E-state index in [-0.39, 0.29) is 5.91 Å². The molecule has 0 radical (unpaired) electrons. The van der Waals surface area contributed by atoms with Crippen LogP contribution in [0.4, 0.5) is 5.82 Å². The van der Waals surface area contributed by atoms with Crippen molar-refractivity contribution >= 4 is 17.5 Å². The Labute approximate surface area is 172 Å². The second-order valence-electron chi connectivity index (χ2n) is 7.08. The molecule has 0 saturated heterocycles. The lowest BCUT2D eigenvalue weighted by Crippen LogP contribution is -2.34. The van der Waals surface area contributed by atoms with Crippen molar-refractivity contribution in [3.8, 4) is 11.5 Å². The van der Waals surface area contributed by atoms with E-state index in [0.29, 0.717) is 18.9 Å². The van der Waals surface area contributed by atoms with E-state index in [0.717, 1.165) is 34.1 Å². The highest BCUT2D eigenvalue weighted by Crippen LogP contribution is 2.43. The topological polar surface area (TPSA) is 93.4 Å². The van der Waals surface area contributed by atoms with Crippen LogP contribution in [0.3, 0.4) is 0 Å². The Morgan fingerprint density at radius 1 is 1.07 bits per heavy atom. The lowest BCUT2D eigenvalue weighted by atomic mass is 9.87. The van der Waals surface area contributed by atoms with Crippen LogP contribution in [0.15, 0.2) is 60.9 Å². The number of nitrogens with one attached hydrogen (secondary N) is 2. The van der Waals surface area contributed by atoms with Gasteiger partial charge in [-0.05, 0) is 19.1 Å². The van der Waals surface area contributed by atoms with Gasteiger partial charge in [-0.15, -0.1) is 0 Å². The molecule has 8 heteroatoms. The summed E-state index contributed by atoms with van der Waals surface area (Å²) < 4.78 is 7.61. The lowest BCUT2D eigenvalue weighted by molar-refractivity contribution is -0.121. The Bertz CT molecular complexity index is 1190. The number of aryl methyl sites for hydroxylation is 1. The highest BCUT2D eigenvalue weighted by molar-refractivity contribution is 5.89. The van der Waals surface area contributed by atoms with Crippen LogP contribution in [0.1, 0.15) is 22.7 Å². The average molecular weight is 400 g/mol. The lowest BCUT2D eigenvalue weighted by Gasteiger charge is -2.27. The molecule has 2 N–H and O–H groups in total. The maximum atomic E-state index is 13.1. The van der Waals surface area contributed by atoms with Gasteiger partial charge in [-0.2, -0.15) is 14.6 Å². The summed E-state index contributed by atoms with van der Waals surface area (Å²) in [5.74, 6) is 2.29. The van der Waals surface area contributed by atoms with Crippen LogP contribution < -0.4 is 15.4 Å². The monoisotopic (exact) mass is 400 g/mol. The highest BCUT2D eigenvalue weighted by atomic mass is 16.5. The summed E-state index contributed by atoms with van der Waals surface area (Å²) in [5, 5.41) is 10.5. The van der Waals surface area contributed by atoms with Crippen molar-refractivity contribution in [3.63, 3.8) is 0 Å². The van der Waals surface area contributed by atoms with Crippen LogP contribution >= 0.6 is 0 Å². The summed E-state index contributed by atoms with van der Waals surface area (Å²) in [5.41, 5.74) is 2.59. The molecule has 2 aromatic carbocycles. The fourth-order valence-electron chi connectivity index (χ4n) is 3.73. The number of fused-ring (bicyclic) bond motifs is 3. The zero-order valence-electron chi connectivity index (χ0n) is 16.4. The van der Waals surface area contributed by atoms with Crippen LogP contribution in [0.5, 0.6) is 11.5 Å². The Balaban J connectivity index is 1.30. The number of para-hydroxylation sites is 2. The largest absolute Gasteiger partial charge is 0.457 e. The Kier molecular flexibility index (Phi) is 4.51. The third-order valence-electron chi connectivity index (χ3n) is 5.05. The second kappa shape index (κ2) is 7.47. The fourth-order valence-corrected chi connectivity index (χ4v) is 3.73. The van der Waals surface area contributed by atoms with Gasteiger partial charge in [0.25, 0.3) is 5.78 Å². The molecule has 8 nitrogen and oxygen atoms in total. The summed E-state index contributed by atoms with van der Waals surface area (Å²) in [6, 6.07) is 17.2. The number of anilines is 1. The Morgan fingerprint density at radius 2 is 1.77 bits per heavy atom. The second-order valence-corrected chi connectivity index (χ2v) is 7.08. The maximum absolute atomic E-state index is 13.1. The molecule has 5 rings (SSSR count). The van der Waals surface area contributed by atoms with Gasteiger partial charge in [0.05, 0.1) is 5.92 Å². The van der Waals surface area contributed by atoms with Gasteiger partial charge in [0.1, 0.15) is 23.6 Å². The van der Waals surface area contributed by atoms with Crippen molar-refractivity contribution in [2.75, 3.05) is 18.4 Å². The predicted octanol–water partition coefficient (Wildman–Crippen LogP) is 2.90. The molecule has 1 aliphatic rings. The minimum atomic E-state index is -0.406. The molecular formula is C22H20N6O2. The average Bonchev–Trinajstić information content (AvgIpc) is 3.23. The normalized spacial score (nSPS) is 12.7. The van der Waals surface area contributed by atoms with Gasteiger partial charge in [0.15, 0.2) is 0 Å². The smallest absolute Gasteiger partial charge is 0.254 e. The van der Waals surface area contributed by atoms with Gasteiger partial charge >= 0.3 is 0 Å². The summed E-state index contributed by atoms with van der Waals surface area (Å²) in [6.45, 7) is 2.90. The van der Waals surface area contributed by atoms with Crippen LogP contribution in [-0.2, 0) is 4.79 Å². The van der Waals surface area contributed by atoms with E-state index in [4.69, 9.17) is 4.74 Å². The standard InChI is InChI=1S/C22H20N6O2/c1-14-12-19(28-22(27-14)25-13-26-28)23-10-11-24-21(29)20-15-6-2-4-8-17(15)30-18-9-5-3-7-16(18)20/h2-9,12-13,20,23H,10-11H2,1H3,(H,24,29). The van der Waals surface area contributed by atoms with Crippen molar-refractivity contribution in [2.24, 2.45) is 0 Å². The van der Waals surface area contributed by atoms with E-state index >= 15 is 0 Å². The molecule has 30 heavy (non-hydrogen) atoms. The number of ether oxygens (including phenoxy) is 1. The molecule has 0 atom stereocenters. The maximum Gasteiger partial charge on any atom is 0.254 e. The first-order valence-electron chi connectivity index (χ1n) is 9.75. The number of aromatic nitrogens is 4. The molecule has 2 aromatic heterocycles. The molecule has 0 saturated carbocycles. The third-order valence-corrected chi connectivity index (χ3v) is 5.05. The van der Waals surface area contributed by atoms with Crippen molar-refractivity contribution < 1.29 is 9.53 Å². The van der Waals surface area contributed by atoms with Gasteiger partial charge in [-0.25, -0.2) is 4.98 Å². The van der Waals surface area contributed by atoms with Crippen molar-refractivity contribution in [3.05, 3.63) is 77.7 Å². The number of hydrogen-bond donors (Lipinski definition) is 2. The van der Waals surface area contributed by atoms with Crippen LogP contribution in [0.25, 0.3) is 5.78 Å². The number of benzene rings is 2. The molecule has 4 aromatic rings. The highest BCUT2D eigenvalue weighted by Gasteiger charge is 2.32. The van der Waals surface area contributed by atoms with Crippen LogP contribution in [0.2, 0.25) is 0 Å². The minimum Gasteiger partial charge on any atom is -0.457 e. The number of amides is 1. The number of carbonyl (C=O) groups is 1. The number of rotatable bonds is 5. The van der Waals surface area contributed by atoms with E-state index in [1.165, 1.54) is 6.33 Å². The minimum absolute atomic E-state index is 0.0585. The van der Waals surface area contributed by atoms with Gasteiger partial charge in [0, 0.05) is 36.0 Å². The predicted molar refractivity (Wildman–Crippen MR) is 112 cm³/mol. The molecular weight excluding hydrogens is 380 g/mol. The summed E-state index contributed by atoms with van der Waals surface area (Å²) in [4.78, 5) is 21.6. The summed E-state index contributed by atoms with van der Waals surface area (Å²) >= 11 is 0. The van der Waals surface area contributed by atoms with Crippen molar-refractivity contribution in [2.45, 2.75) is 12.8 Å². The fraction of sp³-hybridized carbons (Fsp3) is 0.182. The van der Waals surface area contributed by atoms with Gasteiger partial charge in [-0.1, -0.05) is 36.4 Å². The number of nitrogens with zero attached hydrogens (tertiary/aromatic N) is 4. The van der Waals surface area contributed by atoms with Gasteiger partial charge in [-0.3, -0.25) is 4.79 Å². The number of carbonyl (C=O) groups excluding carboxylic acids is 1. The van der Waals surface area contributed by atoms with Gasteiger partial charge in [0.2, 0.25) is 5.91 Å². The molecule has 1 amide bonds. The van der Waals surface area contributed by atoms with Crippen molar-refractivity contribution in [1.82, 2.24) is 24.9 Å². The molecule has 150 valence electrons. The Hall–Kier alpha value is -3.94. The quantitative estimate of drug-likeness (QED) is 0.501. The van der Waals surface area contributed by atoms with E-state index in [9.17, 15) is 4.79 Å². The zero-order chi connectivity index (χ0) is 20.5. The van der Waals surface area contributed by atoms with Crippen LogP contribution in [-0.4, -0.2) is 38.6 Å². The first-order chi connectivity index (χ1) is 14.7. The molecule has 3 heterocycles. The van der Waals surface area contributed by atoms with E-state index in [1.807, 2.05) is 61.5 Å². The number of hydrogen-bond acceptors (Lipinski definition) is 6. The van der Waals surface area contributed by atoms with E-state index in [1.54, 1.807) is 4.52 Å². The first kappa shape index (κ1) is 18.1. The Morgan fingerprint density at radius 3 is 2.50 bits per heavy atom. The first-order valence-corrected chi connectivity index (χ1v) is 9.75. The van der Waals surface area contributed by atoms with E-state index in [2.05, 4.69) is 25.7 Å². The molecule has 0 unspecified atom stereocenters. The molecule has 0 aliphatic carbocycles. The molecule has 0 bridgehead atoms. The van der Waals surface area contributed by atoms with Crippen molar-refractivity contribution in [1.29, 1.82) is 0 Å². The zero-order valence-corrected chi connectivity index (χ0v) is 16.4. The SMILES string of the molecule is Cc1cc(NCCNC(=O)C2c3ccccc3Oc3ccccc32)n2ncnc2n1. The van der Waals surface area contributed by atoms with Gasteiger partial charge < -0.3 is 15.4 Å². The third kappa shape index (κ3) is 3.22.